The smallest absolute Gasteiger partial charge is 0.335 e. The Labute approximate surface area is 139 Å². The molecule has 0 aliphatic heterocycles. The molecule has 2 aromatic carbocycles. The van der Waals surface area contributed by atoms with E-state index in [1.165, 1.54) is 12.1 Å². The quantitative estimate of drug-likeness (QED) is 0.583. The maximum atomic E-state index is 12.5. The van der Waals surface area contributed by atoms with Crippen LogP contribution in [0.25, 0.3) is 0 Å². The summed E-state index contributed by atoms with van der Waals surface area (Å²) in [5.41, 5.74) is 1.45. The number of alkyl halides is 2. The first-order valence-electron chi connectivity index (χ1n) is 6.21. The minimum absolute atomic E-state index is 0.103. The second kappa shape index (κ2) is 7.00. The first kappa shape index (κ1) is 15.9. The van der Waals surface area contributed by atoms with Crippen molar-refractivity contribution in [1.29, 1.82) is 0 Å². The maximum absolute atomic E-state index is 12.5. The SMILES string of the molecule is O=C(O)c1cccc(C(=O)C(Br)C(Br)c2ccccc2)c1. The highest BCUT2D eigenvalue weighted by Crippen LogP contribution is 2.33. The number of carbonyl (C=O) groups is 2. The molecule has 2 atom stereocenters. The molecule has 0 saturated carbocycles. The van der Waals surface area contributed by atoms with Gasteiger partial charge in [-0.05, 0) is 17.7 Å². The number of aromatic carboxylic acids is 1. The van der Waals surface area contributed by atoms with Gasteiger partial charge in [0.15, 0.2) is 5.78 Å². The zero-order valence-corrected chi connectivity index (χ0v) is 14.0. The number of carboxylic acids is 1. The van der Waals surface area contributed by atoms with Crippen LogP contribution >= 0.6 is 31.9 Å². The van der Waals surface area contributed by atoms with Crippen LogP contribution in [0.4, 0.5) is 0 Å². The third kappa shape index (κ3) is 3.80. The Morgan fingerprint density at radius 3 is 2.14 bits per heavy atom. The normalized spacial score (nSPS) is 13.4. The van der Waals surface area contributed by atoms with Crippen molar-refractivity contribution in [1.82, 2.24) is 0 Å². The van der Waals surface area contributed by atoms with Gasteiger partial charge in [-0.25, -0.2) is 4.79 Å². The van der Waals surface area contributed by atoms with Gasteiger partial charge in [0.05, 0.1) is 15.2 Å². The molecule has 5 heteroatoms. The summed E-state index contributed by atoms with van der Waals surface area (Å²) in [6, 6.07) is 15.6. The molecular weight excluding hydrogens is 400 g/mol. The van der Waals surface area contributed by atoms with Crippen molar-refractivity contribution < 1.29 is 14.7 Å². The molecule has 108 valence electrons. The van der Waals surface area contributed by atoms with E-state index in [2.05, 4.69) is 31.9 Å². The molecule has 21 heavy (non-hydrogen) atoms. The minimum atomic E-state index is -1.05. The summed E-state index contributed by atoms with van der Waals surface area (Å²) in [4.78, 5) is 22.8. The van der Waals surface area contributed by atoms with Crippen LogP contribution in [-0.2, 0) is 0 Å². The van der Waals surface area contributed by atoms with E-state index in [-0.39, 0.29) is 16.2 Å². The van der Waals surface area contributed by atoms with Gasteiger partial charge in [-0.15, -0.1) is 0 Å². The fourth-order valence-corrected chi connectivity index (χ4v) is 3.02. The second-order valence-corrected chi connectivity index (χ2v) is 6.44. The lowest BCUT2D eigenvalue weighted by Crippen LogP contribution is -2.19. The average Bonchev–Trinajstić information content (AvgIpc) is 2.53. The van der Waals surface area contributed by atoms with Gasteiger partial charge in [0.2, 0.25) is 0 Å². The van der Waals surface area contributed by atoms with Gasteiger partial charge in [-0.3, -0.25) is 4.79 Å². The lowest BCUT2D eigenvalue weighted by Gasteiger charge is -2.16. The van der Waals surface area contributed by atoms with E-state index >= 15 is 0 Å². The number of hydrogen-bond donors (Lipinski definition) is 1. The lowest BCUT2D eigenvalue weighted by molar-refractivity contribution is 0.0697. The van der Waals surface area contributed by atoms with Crippen molar-refractivity contribution in [2.45, 2.75) is 9.65 Å². The molecule has 2 rings (SSSR count). The van der Waals surface area contributed by atoms with Crippen molar-refractivity contribution in [3.05, 3.63) is 71.3 Å². The standard InChI is InChI=1S/C16H12Br2O3/c17-13(10-5-2-1-3-6-10)14(18)15(19)11-7-4-8-12(9-11)16(20)21/h1-9,13-14H,(H,20,21). The summed E-state index contributed by atoms with van der Waals surface area (Å²) >= 11 is 6.91. The Morgan fingerprint density at radius 1 is 0.905 bits per heavy atom. The van der Waals surface area contributed by atoms with Crippen LogP contribution in [-0.4, -0.2) is 21.7 Å². The Hall–Kier alpha value is -1.46. The molecule has 2 aromatic rings. The maximum Gasteiger partial charge on any atom is 0.335 e. The van der Waals surface area contributed by atoms with E-state index < -0.39 is 10.8 Å². The van der Waals surface area contributed by atoms with Crippen LogP contribution in [0.5, 0.6) is 0 Å². The third-order valence-electron chi connectivity index (χ3n) is 3.02. The van der Waals surface area contributed by atoms with Crippen LogP contribution in [0.3, 0.4) is 0 Å². The third-order valence-corrected chi connectivity index (χ3v) is 5.73. The van der Waals surface area contributed by atoms with Gasteiger partial charge in [0.25, 0.3) is 0 Å². The highest BCUT2D eigenvalue weighted by atomic mass is 79.9. The molecule has 0 radical (unpaired) electrons. The molecule has 0 heterocycles. The Bertz CT molecular complexity index is 656. The highest BCUT2D eigenvalue weighted by Gasteiger charge is 2.26. The lowest BCUT2D eigenvalue weighted by atomic mass is 10.0. The zero-order chi connectivity index (χ0) is 15.4. The van der Waals surface area contributed by atoms with Crippen LogP contribution in [0.15, 0.2) is 54.6 Å². The van der Waals surface area contributed by atoms with E-state index in [0.29, 0.717) is 5.56 Å². The summed E-state index contributed by atoms with van der Waals surface area (Å²) in [5, 5.41) is 8.98. The summed E-state index contributed by atoms with van der Waals surface area (Å²) in [6.07, 6.45) is 0. The molecule has 0 spiro atoms. The van der Waals surface area contributed by atoms with Gasteiger partial charge in [0, 0.05) is 5.56 Å². The van der Waals surface area contributed by atoms with Gasteiger partial charge in [0.1, 0.15) is 0 Å². The van der Waals surface area contributed by atoms with Crippen molar-refractivity contribution in [2.24, 2.45) is 0 Å². The highest BCUT2D eigenvalue weighted by molar-refractivity contribution is 9.12. The number of hydrogen-bond acceptors (Lipinski definition) is 2. The zero-order valence-electron chi connectivity index (χ0n) is 10.9. The van der Waals surface area contributed by atoms with Gasteiger partial charge in [-0.1, -0.05) is 74.3 Å². The average molecular weight is 412 g/mol. The van der Waals surface area contributed by atoms with Crippen LogP contribution in [0.1, 0.15) is 31.1 Å². The fraction of sp³-hybridized carbons (Fsp3) is 0.125. The Kier molecular flexibility index (Phi) is 5.31. The van der Waals surface area contributed by atoms with Crippen LogP contribution in [0, 0.1) is 0 Å². The topological polar surface area (TPSA) is 54.4 Å². The predicted molar refractivity (Wildman–Crippen MR) is 88.6 cm³/mol. The van der Waals surface area contributed by atoms with E-state index in [0.717, 1.165) is 5.56 Å². The molecule has 0 aromatic heterocycles. The van der Waals surface area contributed by atoms with Gasteiger partial charge >= 0.3 is 5.97 Å². The van der Waals surface area contributed by atoms with E-state index in [1.54, 1.807) is 12.1 Å². The largest absolute Gasteiger partial charge is 0.478 e. The monoisotopic (exact) mass is 410 g/mol. The van der Waals surface area contributed by atoms with Gasteiger partial charge in [-0.2, -0.15) is 0 Å². The molecule has 2 unspecified atom stereocenters. The molecule has 0 aliphatic carbocycles. The summed E-state index contributed by atoms with van der Waals surface area (Å²) in [6.45, 7) is 0. The number of benzene rings is 2. The van der Waals surface area contributed by atoms with Crippen molar-refractivity contribution in [3.8, 4) is 0 Å². The number of halogens is 2. The van der Waals surface area contributed by atoms with Crippen LogP contribution in [0.2, 0.25) is 0 Å². The number of Topliss-reactive ketones (excluding diaryl/α,β-unsaturated/α-hetero) is 1. The first-order valence-corrected chi connectivity index (χ1v) is 8.04. The summed E-state index contributed by atoms with van der Waals surface area (Å²) in [5.74, 6) is -1.21. The molecule has 3 nitrogen and oxygen atoms in total. The first-order chi connectivity index (χ1) is 10.0. The Morgan fingerprint density at radius 2 is 1.52 bits per heavy atom. The predicted octanol–water partition coefficient (Wildman–Crippen LogP) is 4.47. The van der Waals surface area contributed by atoms with E-state index in [4.69, 9.17) is 5.11 Å². The van der Waals surface area contributed by atoms with E-state index in [1.807, 2.05) is 30.3 Å². The molecule has 0 fully saturated rings. The summed E-state index contributed by atoms with van der Waals surface area (Å²) in [7, 11) is 0. The molecular formula is C16H12Br2O3. The van der Waals surface area contributed by atoms with E-state index in [9.17, 15) is 9.59 Å². The minimum Gasteiger partial charge on any atom is -0.478 e. The molecule has 1 N–H and O–H groups in total. The fourth-order valence-electron chi connectivity index (χ4n) is 1.90. The number of ketones is 1. The van der Waals surface area contributed by atoms with Crippen molar-refractivity contribution >= 4 is 43.6 Å². The molecule has 0 saturated heterocycles. The molecule has 0 aliphatic rings. The van der Waals surface area contributed by atoms with Crippen LogP contribution < -0.4 is 0 Å². The van der Waals surface area contributed by atoms with Crippen molar-refractivity contribution in [2.75, 3.05) is 0 Å². The number of rotatable bonds is 5. The van der Waals surface area contributed by atoms with Crippen molar-refractivity contribution in [3.63, 3.8) is 0 Å². The molecule has 0 amide bonds. The molecule has 0 bridgehead atoms. The second-order valence-electron chi connectivity index (χ2n) is 4.46. The summed E-state index contributed by atoms with van der Waals surface area (Å²) < 4.78 is 0. The number of carboxylic acid groups (broad SMARTS) is 1. The Balaban J connectivity index is 2.23. The number of carbonyl (C=O) groups excluding carboxylic acids is 1. The van der Waals surface area contributed by atoms with Gasteiger partial charge < -0.3 is 5.11 Å².